The summed E-state index contributed by atoms with van der Waals surface area (Å²) in [7, 11) is 0. The fourth-order valence-corrected chi connectivity index (χ4v) is 2.36. The molecule has 25 heavy (non-hydrogen) atoms. The fourth-order valence-electron chi connectivity index (χ4n) is 2.36. The minimum Gasteiger partial charge on any atom is -0.486 e. The molecule has 0 unspecified atom stereocenters. The highest BCUT2D eigenvalue weighted by molar-refractivity contribution is 5.84. The molecule has 0 aliphatic carbocycles. The van der Waals surface area contributed by atoms with Crippen LogP contribution >= 0.6 is 0 Å². The first kappa shape index (κ1) is 16.8. The van der Waals surface area contributed by atoms with Crippen molar-refractivity contribution in [2.75, 3.05) is 12.3 Å². The van der Waals surface area contributed by atoms with E-state index in [0.29, 0.717) is 16.7 Å². The molecule has 0 atom stereocenters. The van der Waals surface area contributed by atoms with Crippen LogP contribution in [0.2, 0.25) is 0 Å². The smallest absolute Gasteiger partial charge is 0.416 e. The molecule has 2 aromatic carbocycles. The number of fused-ring (bicyclic) bond motifs is 1. The lowest BCUT2D eigenvalue weighted by Crippen LogP contribution is -2.17. The molecule has 0 bridgehead atoms. The van der Waals surface area contributed by atoms with Gasteiger partial charge in [0.1, 0.15) is 12.4 Å². The SMILES string of the molecule is Nc1ccc2ncn(CC(=O)COc3cccc(C(F)(F)F)c3)c2c1. The summed E-state index contributed by atoms with van der Waals surface area (Å²) in [5, 5.41) is 0. The zero-order valence-corrected chi connectivity index (χ0v) is 13.0. The number of nitrogens with two attached hydrogens (primary N) is 1. The molecule has 8 heteroatoms. The van der Waals surface area contributed by atoms with Gasteiger partial charge in [-0.3, -0.25) is 4.79 Å². The van der Waals surface area contributed by atoms with Crippen molar-refractivity contribution in [2.24, 2.45) is 0 Å². The maximum absolute atomic E-state index is 12.7. The van der Waals surface area contributed by atoms with Crippen LogP contribution in [0, 0.1) is 0 Å². The van der Waals surface area contributed by atoms with Gasteiger partial charge in [0.2, 0.25) is 0 Å². The summed E-state index contributed by atoms with van der Waals surface area (Å²) in [6.45, 7) is -0.359. The first-order valence-corrected chi connectivity index (χ1v) is 7.35. The molecule has 0 saturated carbocycles. The summed E-state index contributed by atoms with van der Waals surface area (Å²) in [5.74, 6) is -0.318. The lowest BCUT2D eigenvalue weighted by molar-refractivity contribution is -0.137. The molecular formula is C17H14F3N3O2. The van der Waals surface area contributed by atoms with Gasteiger partial charge in [-0.15, -0.1) is 0 Å². The van der Waals surface area contributed by atoms with E-state index in [4.69, 9.17) is 10.5 Å². The Morgan fingerprint density at radius 3 is 2.76 bits per heavy atom. The van der Waals surface area contributed by atoms with Crippen LogP contribution < -0.4 is 10.5 Å². The molecule has 0 radical (unpaired) electrons. The standard InChI is InChI=1S/C17H14F3N3O2/c18-17(19,20)11-2-1-3-14(6-11)25-9-13(24)8-23-10-22-15-5-4-12(21)7-16(15)23/h1-7,10H,8-9,21H2. The third-order valence-corrected chi connectivity index (χ3v) is 3.55. The molecule has 1 aromatic heterocycles. The maximum Gasteiger partial charge on any atom is 0.416 e. The van der Waals surface area contributed by atoms with Gasteiger partial charge in [0.25, 0.3) is 0 Å². The molecule has 3 rings (SSSR count). The Labute approximate surface area is 140 Å². The Morgan fingerprint density at radius 2 is 2.00 bits per heavy atom. The maximum atomic E-state index is 12.7. The van der Waals surface area contributed by atoms with Crippen LogP contribution in [0.3, 0.4) is 0 Å². The zero-order chi connectivity index (χ0) is 18.0. The van der Waals surface area contributed by atoms with Crippen molar-refractivity contribution >= 4 is 22.5 Å². The summed E-state index contributed by atoms with van der Waals surface area (Å²) < 4.78 is 44.8. The van der Waals surface area contributed by atoms with Gasteiger partial charge in [-0.25, -0.2) is 4.98 Å². The number of anilines is 1. The predicted molar refractivity (Wildman–Crippen MR) is 86.1 cm³/mol. The molecule has 0 fully saturated rings. The van der Waals surface area contributed by atoms with Crippen molar-refractivity contribution in [3.63, 3.8) is 0 Å². The van der Waals surface area contributed by atoms with Gasteiger partial charge >= 0.3 is 6.18 Å². The number of carbonyl (C=O) groups excluding carboxylic acids is 1. The molecular weight excluding hydrogens is 335 g/mol. The van der Waals surface area contributed by atoms with Gasteiger partial charge in [0.15, 0.2) is 5.78 Å². The molecule has 5 nitrogen and oxygen atoms in total. The molecule has 3 aromatic rings. The quantitative estimate of drug-likeness (QED) is 0.718. The highest BCUT2D eigenvalue weighted by atomic mass is 19.4. The molecule has 130 valence electrons. The van der Waals surface area contributed by atoms with Gasteiger partial charge in [0.05, 0.1) is 29.5 Å². The number of aromatic nitrogens is 2. The van der Waals surface area contributed by atoms with Crippen LogP contribution in [-0.4, -0.2) is 21.9 Å². The fraction of sp³-hybridized carbons (Fsp3) is 0.176. The summed E-state index contributed by atoms with van der Waals surface area (Å²) in [6, 6.07) is 9.55. The average Bonchev–Trinajstić information content (AvgIpc) is 2.94. The van der Waals surface area contributed by atoms with Crippen molar-refractivity contribution in [2.45, 2.75) is 12.7 Å². The number of rotatable bonds is 5. The second-order valence-electron chi connectivity index (χ2n) is 5.47. The van der Waals surface area contributed by atoms with E-state index in [9.17, 15) is 18.0 Å². The van der Waals surface area contributed by atoms with E-state index in [1.165, 1.54) is 18.5 Å². The molecule has 0 amide bonds. The number of nitrogen functional groups attached to an aromatic ring is 1. The lowest BCUT2D eigenvalue weighted by atomic mass is 10.2. The van der Waals surface area contributed by atoms with Gasteiger partial charge < -0.3 is 15.0 Å². The number of Topliss-reactive ketones (excluding diaryl/α,β-unsaturated/α-hetero) is 1. The second-order valence-corrected chi connectivity index (χ2v) is 5.47. The molecule has 0 aliphatic rings. The number of halogens is 3. The predicted octanol–water partition coefficient (Wildman–Crippen LogP) is 3.29. The Balaban J connectivity index is 1.66. The zero-order valence-electron chi connectivity index (χ0n) is 13.0. The van der Waals surface area contributed by atoms with Crippen molar-refractivity contribution in [3.8, 4) is 5.75 Å². The van der Waals surface area contributed by atoms with Gasteiger partial charge in [0, 0.05) is 5.69 Å². The monoisotopic (exact) mass is 349 g/mol. The number of alkyl halides is 3. The number of ether oxygens (including phenoxy) is 1. The van der Waals surface area contributed by atoms with Crippen LogP contribution in [0.4, 0.5) is 18.9 Å². The van der Waals surface area contributed by atoms with Crippen LogP contribution in [-0.2, 0) is 17.5 Å². The Kier molecular flexibility index (Phi) is 4.35. The minimum atomic E-state index is -4.46. The van der Waals surface area contributed by atoms with E-state index in [-0.39, 0.29) is 24.7 Å². The van der Waals surface area contributed by atoms with Gasteiger partial charge in [-0.2, -0.15) is 13.2 Å². The third-order valence-electron chi connectivity index (χ3n) is 3.55. The topological polar surface area (TPSA) is 70.1 Å². The number of carbonyl (C=O) groups is 1. The Morgan fingerprint density at radius 1 is 1.20 bits per heavy atom. The Hall–Kier alpha value is -3.03. The molecule has 2 N–H and O–H groups in total. The first-order chi connectivity index (χ1) is 11.8. The van der Waals surface area contributed by atoms with Crippen LogP contribution in [0.25, 0.3) is 11.0 Å². The third kappa shape index (κ3) is 3.90. The van der Waals surface area contributed by atoms with E-state index < -0.39 is 11.7 Å². The van der Waals surface area contributed by atoms with Crippen molar-refractivity contribution < 1.29 is 22.7 Å². The normalized spacial score (nSPS) is 11.6. The van der Waals surface area contributed by atoms with E-state index in [1.807, 2.05) is 0 Å². The van der Waals surface area contributed by atoms with E-state index in [1.54, 1.807) is 22.8 Å². The van der Waals surface area contributed by atoms with E-state index >= 15 is 0 Å². The summed E-state index contributed by atoms with van der Waals surface area (Å²) >= 11 is 0. The number of hydrogen-bond donors (Lipinski definition) is 1. The number of imidazole rings is 1. The molecule has 0 aliphatic heterocycles. The Bertz CT molecular complexity index is 919. The van der Waals surface area contributed by atoms with Crippen LogP contribution in [0.15, 0.2) is 48.8 Å². The van der Waals surface area contributed by atoms with Crippen molar-refractivity contribution in [1.29, 1.82) is 0 Å². The molecule has 0 spiro atoms. The summed E-state index contributed by atoms with van der Waals surface area (Å²) in [5.41, 5.74) is 6.84. The first-order valence-electron chi connectivity index (χ1n) is 7.35. The summed E-state index contributed by atoms with van der Waals surface area (Å²) in [4.78, 5) is 16.2. The summed E-state index contributed by atoms with van der Waals surface area (Å²) in [6.07, 6.45) is -2.95. The molecule has 0 saturated heterocycles. The van der Waals surface area contributed by atoms with Crippen molar-refractivity contribution in [1.82, 2.24) is 9.55 Å². The van der Waals surface area contributed by atoms with Crippen molar-refractivity contribution in [3.05, 3.63) is 54.4 Å². The van der Waals surface area contributed by atoms with Crippen LogP contribution in [0.5, 0.6) is 5.75 Å². The van der Waals surface area contributed by atoms with Crippen LogP contribution in [0.1, 0.15) is 5.56 Å². The minimum absolute atomic E-state index is 0.0112. The van der Waals surface area contributed by atoms with Gasteiger partial charge in [-0.05, 0) is 36.4 Å². The number of nitrogens with zero attached hydrogens (tertiary/aromatic N) is 2. The highest BCUT2D eigenvalue weighted by Crippen LogP contribution is 2.31. The number of ketones is 1. The number of benzene rings is 2. The molecule has 1 heterocycles. The largest absolute Gasteiger partial charge is 0.486 e. The van der Waals surface area contributed by atoms with Gasteiger partial charge in [-0.1, -0.05) is 6.07 Å². The lowest BCUT2D eigenvalue weighted by Gasteiger charge is -2.10. The average molecular weight is 349 g/mol. The van der Waals surface area contributed by atoms with E-state index in [2.05, 4.69) is 4.98 Å². The second kappa shape index (κ2) is 6.46. The number of hydrogen-bond acceptors (Lipinski definition) is 4. The van der Waals surface area contributed by atoms with E-state index in [0.717, 1.165) is 12.1 Å². The highest BCUT2D eigenvalue weighted by Gasteiger charge is 2.30.